The van der Waals surface area contributed by atoms with Crippen LogP contribution in [-0.4, -0.2) is 73.8 Å². The molecule has 8 nitrogen and oxygen atoms in total. The molecule has 3 heterocycles. The van der Waals surface area contributed by atoms with Gasteiger partial charge in [-0.1, -0.05) is 31.2 Å². The first-order chi connectivity index (χ1) is 20.5. The maximum atomic E-state index is 14.8. The van der Waals surface area contributed by atoms with Gasteiger partial charge in [-0.25, -0.2) is 32.2 Å². The smallest absolute Gasteiger partial charge is 0.340 e. The van der Waals surface area contributed by atoms with Crippen LogP contribution in [0.25, 0.3) is 6.08 Å². The van der Waals surface area contributed by atoms with Crippen molar-refractivity contribution in [1.82, 2.24) is 19.7 Å². The van der Waals surface area contributed by atoms with Crippen LogP contribution >= 0.6 is 11.8 Å². The second-order valence-corrected chi connectivity index (χ2v) is 11.2. The van der Waals surface area contributed by atoms with E-state index in [-0.39, 0.29) is 36.5 Å². The standard InChI is InChI=1S/C28H28F6N4O4S/c1-18(27(39,14-38-17-35-16-37-38)22-8-7-20(29)10-23(22)30)43-21-12-40-25(41-13-21)5-3-2-4-19-6-9-24(36-11-19)42-15-28(33,34)26(31)32/h2-11,16-18,21,25-26,39H,12-15H2,1H3/b4-2+,5-3+. The summed E-state index contributed by atoms with van der Waals surface area (Å²) in [5.41, 5.74) is -1.22. The molecule has 3 aromatic rings. The molecule has 0 radical (unpaired) electrons. The van der Waals surface area contributed by atoms with Crippen molar-refractivity contribution in [3.05, 3.63) is 90.2 Å². The van der Waals surface area contributed by atoms with Crippen molar-refractivity contribution in [2.75, 3.05) is 19.8 Å². The molecular formula is C28H28F6N4O4S. The predicted octanol–water partition coefficient (Wildman–Crippen LogP) is 5.25. The van der Waals surface area contributed by atoms with Crippen LogP contribution in [-0.2, 0) is 21.6 Å². The second-order valence-electron chi connectivity index (χ2n) is 9.60. The molecule has 1 aromatic carbocycles. The average Bonchev–Trinajstić information content (AvgIpc) is 3.48. The minimum Gasteiger partial charge on any atom is -0.471 e. The Balaban J connectivity index is 1.28. The fourth-order valence-corrected chi connectivity index (χ4v) is 5.37. The predicted molar refractivity (Wildman–Crippen MR) is 146 cm³/mol. The molecular weight excluding hydrogens is 602 g/mol. The summed E-state index contributed by atoms with van der Waals surface area (Å²) in [6.07, 6.45) is 6.20. The molecule has 0 amide bonds. The highest BCUT2D eigenvalue weighted by Crippen LogP contribution is 2.38. The third-order valence-electron chi connectivity index (χ3n) is 6.39. The van der Waals surface area contributed by atoms with E-state index in [1.807, 2.05) is 0 Å². The Morgan fingerprint density at radius 1 is 1.16 bits per heavy atom. The molecule has 0 aliphatic carbocycles. The van der Waals surface area contributed by atoms with Crippen molar-refractivity contribution < 1.29 is 45.7 Å². The summed E-state index contributed by atoms with van der Waals surface area (Å²) in [5, 5.41) is 14.9. The molecule has 1 aliphatic rings. The number of rotatable bonds is 13. The van der Waals surface area contributed by atoms with Gasteiger partial charge in [0.2, 0.25) is 5.88 Å². The van der Waals surface area contributed by atoms with Crippen LogP contribution in [0.3, 0.4) is 0 Å². The van der Waals surface area contributed by atoms with Crippen molar-refractivity contribution in [1.29, 1.82) is 0 Å². The van der Waals surface area contributed by atoms with Crippen LogP contribution in [0.15, 0.2) is 67.4 Å². The van der Waals surface area contributed by atoms with Gasteiger partial charge < -0.3 is 19.3 Å². The van der Waals surface area contributed by atoms with Crippen LogP contribution in [0.4, 0.5) is 26.3 Å². The molecule has 1 N–H and O–H groups in total. The summed E-state index contributed by atoms with van der Waals surface area (Å²) in [6.45, 7) is 0.680. The number of aromatic nitrogens is 4. The van der Waals surface area contributed by atoms with E-state index in [1.165, 1.54) is 53.5 Å². The van der Waals surface area contributed by atoms with Crippen molar-refractivity contribution in [3.63, 3.8) is 0 Å². The van der Waals surface area contributed by atoms with Crippen molar-refractivity contribution in [3.8, 4) is 5.88 Å². The van der Waals surface area contributed by atoms with Gasteiger partial charge in [-0.2, -0.15) is 13.9 Å². The van der Waals surface area contributed by atoms with Crippen molar-refractivity contribution in [2.45, 2.75) is 48.2 Å². The molecule has 0 bridgehead atoms. The van der Waals surface area contributed by atoms with Gasteiger partial charge in [0.15, 0.2) is 12.9 Å². The zero-order chi connectivity index (χ0) is 31.0. The molecule has 0 saturated carbocycles. The van der Waals surface area contributed by atoms with E-state index in [0.717, 1.165) is 12.1 Å². The van der Waals surface area contributed by atoms with Gasteiger partial charge in [0, 0.05) is 29.1 Å². The first-order valence-corrected chi connectivity index (χ1v) is 13.9. The highest BCUT2D eigenvalue weighted by atomic mass is 32.2. The van der Waals surface area contributed by atoms with Crippen LogP contribution in [0.5, 0.6) is 5.88 Å². The summed E-state index contributed by atoms with van der Waals surface area (Å²) in [6, 6.07) is 5.84. The number of hydrogen-bond donors (Lipinski definition) is 1. The van der Waals surface area contributed by atoms with Gasteiger partial charge in [-0.3, -0.25) is 0 Å². The number of nitrogens with zero attached hydrogens (tertiary/aromatic N) is 4. The molecule has 1 fully saturated rings. The quantitative estimate of drug-likeness (QED) is 0.202. The van der Waals surface area contributed by atoms with Gasteiger partial charge in [0.25, 0.3) is 0 Å². The molecule has 43 heavy (non-hydrogen) atoms. The highest BCUT2D eigenvalue weighted by Gasteiger charge is 2.42. The van der Waals surface area contributed by atoms with E-state index in [9.17, 15) is 31.4 Å². The summed E-state index contributed by atoms with van der Waals surface area (Å²) in [7, 11) is 0. The topological polar surface area (TPSA) is 91.5 Å². The van der Waals surface area contributed by atoms with E-state index in [4.69, 9.17) is 9.47 Å². The second kappa shape index (κ2) is 14.4. The van der Waals surface area contributed by atoms with Crippen LogP contribution in [0.1, 0.15) is 18.1 Å². The van der Waals surface area contributed by atoms with Crippen LogP contribution < -0.4 is 4.74 Å². The molecule has 2 unspecified atom stereocenters. The van der Waals surface area contributed by atoms with Crippen LogP contribution in [0, 0.1) is 11.6 Å². The van der Waals surface area contributed by atoms with Crippen LogP contribution in [0.2, 0.25) is 0 Å². The number of allylic oxidation sites excluding steroid dienone is 2. The Morgan fingerprint density at radius 2 is 1.93 bits per heavy atom. The summed E-state index contributed by atoms with van der Waals surface area (Å²) < 4.78 is 96.2. The molecule has 232 valence electrons. The number of hydrogen-bond acceptors (Lipinski definition) is 8. The lowest BCUT2D eigenvalue weighted by Gasteiger charge is -2.37. The summed E-state index contributed by atoms with van der Waals surface area (Å²) in [5.74, 6) is -6.11. The fraction of sp³-hybridized carbons (Fsp3) is 0.393. The molecule has 2 aromatic heterocycles. The summed E-state index contributed by atoms with van der Waals surface area (Å²) in [4.78, 5) is 7.68. The van der Waals surface area contributed by atoms with Crippen molar-refractivity contribution in [2.24, 2.45) is 0 Å². The third kappa shape index (κ3) is 8.81. The number of aliphatic hydroxyl groups is 1. The van der Waals surface area contributed by atoms with Gasteiger partial charge in [-0.15, -0.1) is 11.8 Å². The lowest BCUT2D eigenvalue weighted by atomic mass is 9.90. The normalized spacial score (nSPS) is 20.1. The first-order valence-electron chi connectivity index (χ1n) is 12.9. The number of alkyl halides is 4. The minimum atomic E-state index is -4.27. The zero-order valence-corrected chi connectivity index (χ0v) is 23.5. The molecule has 15 heteroatoms. The largest absolute Gasteiger partial charge is 0.471 e. The number of benzene rings is 1. The monoisotopic (exact) mass is 630 g/mol. The number of ether oxygens (including phenoxy) is 3. The zero-order valence-electron chi connectivity index (χ0n) is 22.7. The van der Waals surface area contributed by atoms with Crippen molar-refractivity contribution >= 4 is 17.8 Å². The van der Waals surface area contributed by atoms with E-state index < -0.39 is 47.7 Å². The maximum Gasteiger partial charge on any atom is 0.340 e. The molecule has 2 atom stereocenters. The van der Waals surface area contributed by atoms with E-state index in [2.05, 4.69) is 19.8 Å². The Hall–Kier alpha value is -3.40. The highest BCUT2D eigenvalue weighted by molar-refractivity contribution is 8.00. The molecule has 1 aliphatic heterocycles. The number of pyridine rings is 1. The molecule has 0 spiro atoms. The Morgan fingerprint density at radius 3 is 2.56 bits per heavy atom. The Kier molecular flexibility index (Phi) is 10.9. The van der Waals surface area contributed by atoms with Gasteiger partial charge in [0.05, 0.1) is 25.0 Å². The van der Waals surface area contributed by atoms with E-state index in [0.29, 0.717) is 5.56 Å². The van der Waals surface area contributed by atoms with E-state index >= 15 is 0 Å². The third-order valence-corrected chi connectivity index (χ3v) is 7.84. The van der Waals surface area contributed by atoms with Gasteiger partial charge in [-0.05, 0) is 23.8 Å². The lowest BCUT2D eigenvalue weighted by molar-refractivity contribution is -0.148. The number of thioether (sulfide) groups is 1. The van der Waals surface area contributed by atoms with Gasteiger partial charge >= 0.3 is 12.3 Å². The SMILES string of the molecule is CC(SC1COC(/C=C/C=C/c2ccc(OCC(F)(F)C(F)F)nc2)OC1)C(O)(Cn1cncn1)c1ccc(F)cc1F. The van der Waals surface area contributed by atoms with E-state index in [1.54, 1.807) is 31.2 Å². The summed E-state index contributed by atoms with van der Waals surface area (Å²) >= 11 is 1.34. The lowest BCUT2D eigenvalue weighted by Crippen LogP contribution is -2.43. The molecule has 1 saturated heterocycles. The number of halogens is 6. The fourth-order valence-electron chi connectivity index (χ4n) is 4.06. The maximum absolute atomic E-state index is 14.8. The first kappa shape index (κ1) is 32.5. The Bertz CT molecular complexity index is 1370. The molecule has 4 rings (SSSR count). The minimum absolute atomic E-state index is 0.0692. The Labute approximate surface area is 247 Å². The van der Waals surface area contributed by atoms with Gasteiger partial charge in [0.1, 0.15) is 29.9 Å². The average molecular weight is 631 g/mol.